The molecule has 0 aromatic heterocycles. The summed E-state index contributed by atoms with van der Waals surface area (Å²) in [7, 11) is 2.28. The highest BCUT2D eigenvalue weighted by atomic mass is 32.2. The van der Waals surface area contributed by atoms with E-state index in [-0.39, 0.29) is 6.04 Å². The Morgan fingerprint density at radius 3 is 2.26 bits per heavy atom. The minimum atomic E-state index is -3.42. The summed E-state index contributed by atoms with van der Waals surface area (Å²) in [5.74, 6) is 0. The topological polar surface area (TPSA) is 61.4 Å². The Hall–Kier alpha value is -0.950. The van der Waals surface area contributed by atoms with E-state index in [9.17, 15) is 8.42 Å². The van der Waals surface area contributed by atoms with Gasteiger partial charge in [-0.15, -0.1) is 0 Å². The molecular weight excluding hydrogens is 262 g/mol. The molecule has 2 N–H and O–H groups in total. The molecule has 1 aromatic rings. The van der Waals surface area contributed by atoms with E-state index < -0.39 is 10.0 Å². The van der Waals surface area contributed by atoms with Gasteiger partial charge in [-0.3, -0.25) is 0 Å². The Morgan fingerprint density at radius 2 is 1.79 bits per heavy atom. The van der Waals surface area contributed by atoms with Gasteiger partial charge < -0.3 is 10.2 Å². The number of rotatable bonds is 7. The maximum atomic E-state index is 12.1. The normalized spacial score (nSPS) is 13.7. The lowest BCUT2D eigenvalue weighted by Gasteiger charge is -2.20. The highest BCUT2D eigenvalue weighted by molar-refractivity contribution is 7.89. The first-order chi connectivity index (χ1) is 8.86. The molecule has 0 aliphatic heterocycles. The number of hydrogen-bond acceptors (Lipinski definition) is 4. The van der Waals surface area contributed by atoms with Crippen molar-refractivity contribution < 1.29 is 8.42 Å². The molecule has 0 spiro atoms. The molecule has 0 aliphatic rings. The van der Waals surface area contributed by atoms with E-state index in [1.807, 2.05) is 45.1 Å². The summed E-state index contributed by atoms with van der Waals surface area (Å²) in [5, 5.41) is 3.02. The minimum Gasteiger partial charge on any atom is -0.316 e. The van der Waals surface area contributed by atoms with E-state index in [0.29, 0.717) is 11.4 Å². The first-order valence-corrected chi connectivity index (χ1v) is 7.74. The minimum absolute atomic E-state index is 0.151. The molecular formula is C13H23N3O2S. The van der Waals surface area contributed by atoms with E-state index in [1.54, 1.807) is 12.1 Å². The van der Waals surface area contributed by atoms with Gasteiger partial charge in [0.05, 0.1) is 4.90 Å². The fourth-order valence-corrected chi connectivity index (χ4v) is 2.61. The van der Waals surface area contributed by atoms with Gasteiger partial charge in [0.1, 0.15) is 0 Å². The Bertz CT molecular complexity index is 483. The lowest BCUT2D eigenvalue weighted by Crippen LogP contribution is -2.38. The van der Waals surface area contributed by atoms with Crippen LogP contribution in [0, 0.1) is 0 Å². The summed E-state index contributed by atoms with van der Waals surface area (Å²) in [5.41, 5.74) is 1.06. The maximum Gasteiger partial charge on any atom is 0.240 e. The largest absolute Gasteiger partial charge is 0.316 e. The monoisotopic (exact) mass is 285 g/mol. The lowest BCUT2D eigenvalue weighted by molar-refractivity contribution is 0.314. The van der Waals surface area contributed by atoms with E-state index in [1.165, 1.54) is 0 Å². The van der Waals surface area contributed by atoms with Gasteiger partial charge in [-0.25, -0.2) is 13.1 Å². The van der Waals surface area contributed by atoms with Gasteiger partial charge in [-0.2, -0.15) is 0 Å². The molecule has 0 radical (unpaired) electrons. The van der Waals surface area contributed by atoms with Crippen LogP contribution in [0.2, 0.25) is 0 Å². The third kappa shape index (κ3) is 4.91. The summed E-state index contributed by atoms with van der Waals surface area (Å²) >= 11 is 0. The molecule has 1 unspecified atom stereocenters. The van der Waals surface area contributed by atoms with Crippen LogP contribution in [0.1, 0.15) is 12.5 Å². The Morgan fingerprint density at radius 1 is 1.21 bits per heavy atom. The molecule has 0 amide bonds. The molecule has 0 saturated heterocycles. The average molecular weight is 285 g/mol. The number of hydrogen-bond donors (Lipinski definition) is 2. The quantitative estimate of drug-likeness (QED) is 0.771. The Balaban J connectivity index is 2.71. The van der Waals surface area contributed by atoms with Crippen molar-refractivity contribution in [1.29, 1.82) is 0 Å². The second-order valence-corrected chi connectivity index (χ2v) is 6.61. The molecule has 1 atom stereocenters. The van der Waals surface area contributed by atoms with E-state index in [2.05, 4.69) is 10.0 Å². The first-order valence-electron chi connectivity index (χ1n) is 6.26. The first kappa shape index (κ1) is 16.1. The number of likely N-dealkylation sites (N-methyl/N-ethyl adjacent to an activating group) is 1. The van der Waals surface area contributed by atoms with Crippen molar-refractivity contribution in [2.45, 2.75) is 24.4 Å². The molecule has 19 heavy (non-hydrogen) atoms. The molecule has 1 rings (SSSR count). The number of nitrogens with one attached hydrogen (secondary N) is 2. The van der Waals surface area contributed by atoms with Crippen LogP contribution in [-0.2, 0) is 16.6 Å². The van der Waals surface area contributed by atoms with Gasteiger partial charge in [0.2, 0.25) is 10.0 Å². The van der Waals surface area contributed by atoms with Gasteiger partial charge in [0.15, 0.2) is 0 Å². The highest BCUT2D eigenvalue weighted by Crippen LogP contribution is 2.10. The third-order valence-electron chi connectivity index (χ3n) is 3.06. The Labute approximate surface area is 116 Å². The van der Waals surface area contributed by atoms with Gasteiger partial charge >= 0.3 is 0 Å². The predicted octanol–water partition coefficient (Wildman–Crippen LogP) is 0.634. The number of nitrogens with zero attached hydrogens (tertiary/aromatic N) is 1. The average Bonchev–Trinajstić information content (AvgIpc) is 2.37. The van der Waals surface area contributed by atoms with Crippen LogP contribution in [0.5, 0.6) is 0 Å². The van der Waals surface area contributed by atoms with Crippen molar-refractivity contribution in [3.63, 3.8) is 0 Å². The zero-order valence-corrected chi connectivity index (χ0v) is 12.8. The zero-order valence-electron chi connectivity index (χ0n) is 12.0. The molecule has 108 valence electrons. The SMILES string of the molecule is CNCc1ccc(S(=O)(=O)NCC(C)N(C)C)cc1. The smallest absolute Gasteiger partial charge is 0.240 e. The second-order valence-electron chi connectivity index (χ2n) is 4.84. The molecule has 0 saturated carbocycles. The van der Waals surface area contributed by atoms with Crippen molar-refractivity contribution in [2.75, 3.05) is 27.7 Å². The summed E-state index contributed by atoms with van der Waals surface area (Å²) in [4.78, 5) is 2.27. The summed E-state index contributed by atoms with van der Waals surface area (Å²) in [6, 6.07) is 7.06. The van der Waals surface area contributed by atoms with E-state index in [0.717, 1.165) is 12.1 Å². The number of benzene rings is 1. The van der Waals surface area contributed by atoms with Crippen molar-refractivity contribution in [3.8, 4) is 0 Å². The molecule has 6 heteroatoms. The second kappa shape index (κ2) is 7.00. The van der Waals surface area contributed by atoms with Crippen molar-refractivity contribution in [2.24, 2.45) is 0 Å². The van der Waals surface area contributed by atoms with Crippen LogP contribution in [0.25, 0.3) is 0 Å². The molecule has 0 bridgehead atoms. The summed E-state index contributed by atoms with van der Waals surface area (Å²) in [6.45, 7) is 3.09. The van der Waals surface area contributed by atoms with Gasteiger partial charge in [0.25, 0.3) is 0 Å². The van der Waals surface area contributed by atoms with E-state index >= 15 is 0 Å². The van der Waals surface area contributed by atoms with Crippen LogP contribution >= 0.6 is 0 Å². The van der Waals surface area contributed by atoms with E-state index in [4.69, 9.17) is 0 Å². The van der Waals surface area contributed by atoms with Crippen LogP contribution < -0.4 is 10.0 Å². The fourth-order valence-electron chi connectivity index (χ4n) is 1.49. The van der Waals surface area contributed by atoms with Crippen molar-refractivity contribution >= 4 is 10.0 Å². The maximum absolute atomic E-state index is 12.1. The Kier molecular flexibility index (Phi) is 5.93. The molecule has 0 aliphatic carbocycles. The third-order valence-corrected chi connectivity index (χ3v) is 4.50. The molecule has 5 nitrogen and oxygen atoms in total. The van der Waals surface area contributed by atoms with Gasteiger partial charge in [0, 0.05) is 19.1 Å². The van der Waals surface area contributed by atoms with Crippen LogP contribution in [0.4, 0.5) is 0 Å². The van der Waals surface area contributed by atoms with Gasteiger partial charge in [-0.1, -0.05) is 12.1 Å². The lowest BCUT2D eigenvalue weighted by atomic mass is 10.2. The van der Waals surface area contributed by atoms with Gasteiger partial charge in [-0.05, 0) is 45.8 Å². The van der Waals surface area contributed by atoms with Crippen LogP contribution in [-0.4, -0.2) is 47.0 Å². The van der Waals surface area contributed by atoms with Crippen molar-refractivity contribution in [3.05, 3.63) is 29.8 Å². The summed E-state index contributed by atoms with van der Waals surface area (Å²) in [6.07, 6.45) is 0. The molecule has 0 heterocycles. The number of sulfonamides is 1. The molecule has 1 aromatic carbocycles. The van der Waals surface area contributed by atoms with Crippen molar-refractivity contribution in [1.82, 2.24) is 14.9 Å². The fraction of sp³-hybridized carbons (Fsp3) is 0.538. The standard InChI is InChI=1S/C13H23N3O2S/c1-11(16(3)4)9-15-19(17,18)13-7-5-12(6-8-13)10-14-2/h5-8,11,14-15H,9-10H2,1-4H3. The zero-order chi connectivity index (χ0) is 14.5. The van der Waals surface area contributed by atoms with Crippen LogP contribution in [0.15, 0.2) is 29.2 Å². The predicted molar refractivity (Wildman–Crippen MR) is 77.5 cm³/mol. The van der Waals surface area contributed by atoms with Crippen LogP contribution in [0.3, 0.4) is 0 Å². The summed E-state index contributed by atoms with van der Waals surface area (Å²) < 4.78 is 26.8. The molecule has 0 fully saturated rings. The highest BCUT2D eigenvalue weighted by Gasteiger charge is 2.15.